The van der Waals surface area contributed by atoms with Crippen LogP contribution in [0.25, 0.3) is 0 Å². The predicted molar refractivity (Wildman–Crippen MR) is 95.4 cm³/mol. The number of halogens is 1. The standard InChI is InChI=1S/C17H22ClNO5S/c1-2-3-9-19(13-8-10-25(22,23)12-13)16(20)11-24-17(21)14-6-4-5-7-15(14)18/h4-7,13H,2-3,8-12H2,1H3. The van der Waals surface area contributed by atoms with Crippen LogP contribution in [0.5, 0.6) is 0 Å². The molecule has 0 saturated carbocycles. The van der Waals surface area contributed by atoms with E-state index in [2.05, 4.69) is 0 Å². The maximum absolute atomic E-state index is 12.5. The summed E-state index contributed by atoms with van der Waals surface area (Å²) in [4.78, 5) is 26.1. The summed E-state index contributed by atoms with van der Waals surface area (Å²) < 4.78 is 28.5. The van der Waals surface area contributed by atoms with Gasteiger partial charge in [-0.15, -0.1) is 0 Å². The number of hydrogen-bond acceptors (Lipinski definition) is 5. The Hall–Kier alpha value is -1.60. The van der Waals surface area contributed by atoms with Crippen LogP contribution >= 0.6 is 11.6 Å². The Morgan fingerprint density at radius 3 is 2.64 bits per heavy atom. The van der Waals surface area contributed by atoms with Gasteiger partial charge < -0.3 is 9.64 Å². The van der Waals surface area contributed by atoms with Gasteiger partial charge in [-0.05, 0) is 25.0 Å². The van der Waals surface area contributed by atoms with E-state index in [4.69, 9.17) is 16.3 Å². The van der Waals surface area contributed by atoms with E-state index in [0.717, 1.165) is 12.8 Å². The average Bonchev–Trinajstić information content (AvgIpc) is 2.93. The summed E-state index contributed by atoms with van der Waals surface area (Å²) in [5.41, 5.74) is 0.195. The molecular formula is C17H22ClNO5S. The molecule has 1 amide bonds. The number of nitrogens with zero attached hydrogens (tertiary/aromatic N) is 1. The van der Waals surface area contributed by atoms with E-state index >= 15 is 0 Å². The van der Waals surface area contributed by atoms with Crippen molar-refractivity contribution in [3.8, 4) is 0 Å². The van der Waals surface area contributed by atoms with Gasteiger partial charge in [-0.2, -0.15) is 0 Å². The number of benzene rings is 1. The average molecular weight is 388 g/mol. The van der Waals surface area contributed by atoms with Crippen molar-refractivity contribution in [1.82, 2.24) is 4.90 Å². The summed E-state index contributed by atoms with van der Waals surface area (Å²) in [6.45, 7) is 2.02. The van der Waals surface area contributed by atoms with E-state index in [0.29, 0.717) is 13.0 Å². The van der Waals surface area contributed by atoms with E-state index in [-0.39, 0.29) is 34.0 Å². The highest BCUT2D eigenvalue weighted by Crippen LogP contribution is 2.19. The smallest absolute Gasteiger partial charge is 0.340 e. The molecule has 2 rings (SSSR count). The Morgan fingerprint density at radius 1 is 1.32 bits per heavy atom. The van der Waals surface area contributed by atoms with Gasteiger partial charge in [0.1, 0.15) is 0 Å². The summed E-state index contributed by atoms with van der Waals surface area (Å²) in [6, 6.07) is 6.09. The molecular weight excluding hydrogens is 366 g/mol. The van der Waals surface area contributed by atoms with Crippen LogP contribution in [-0.4, -0.2) is 55.9 Å². The molecule has 25 heavy (non-hydrogen) atoms. The first-order chi connectivity index (χ1) is 11.8. The topological polar surface area (TPSA) is 80.8 Å². The predicted octanol–water partition coefficient (Wildman–Crippen LogP) is 2.31. The van der Waals surface area contributed by atoms with Crippen LogP contribution < -0.4 is 0 Å². The first-order valence-corrected chi connectivity index (χ1v) is 10.5. The van der Waals surface area contributed by atoms with Gasteiger partial charge in [-0.1, -0.05) is 37.1 Å². The number of amides is 1. The van der Waals surface area contributed by atoms with Gasteiger partial charge in [0.2, 0.25) is 0 Å². The highest BCUT2D eigenvalue weighted by Gasteiger charge is 2.34. The molecule has 0 N–H and O–H groups in total. The molecule has 0 bridgehead atoms. The Kier molecular flexibility index (Phi) is 6.84. The highest BCUT2D eigenvalue weighted by atomic mass is 35.5. The molecule has 1 fully saturated rings. The van der Waals surface area contributed by atoms with Gasteiger partial charge in [0.25, 0.3) is 5.91 Å². The Bertz CT molecular complexity index is 734. The molecule has 1 aliphatic heterocycles. The zero-order chi connectivity index (χ0) is 18.4. The van der Waals surface area contributed by atoms with Crippen LogP contribution in [0.2, 0.25) is 5.02 Å². The number of carbonyl (C=O) groups is 2. The first-order valence-electron chi connectivity index (χ1n) is 8.25. The van der Waals surface area contributed by atoms with E-state index in [1.165, 1.54) is 11.0 Å². The van der Waals surface area contributed by atoms with Gasteiger partial charge in [-0.3, -0.25) is 4.79 Å². The number of rotatable bonds is 7. The number of esters is 1. The Labute approximate surface area is 153 Å². The van der Waals surface area contributed by atoms with Gasteiger partial charge in [0, 0.05) is 12.6 Å². The summed E-state index contributed by atoms with van der Waals surface area (Å²) >= 11 is 5.94. The maximum Gasteiger partial charge on any atom is 0.340 e. The number of hydrogen-bond donors (Lipinski definition) is 0. The molecule has 138 valence electrons. The number of ether oxygens (including phenoxy) is 1. The molecule has 8 heteroatoms. The largest absolute Gasteiger partial charge is 0.452 e. The molecule has 1 unspecified atom stereocenters. The monoisotopic (exact) mass is 387 g/mol. The van der Waals surface area contributed by atoms with Crippen molar-refractivity contribution in [2.24, 2.45) is 0 Å². The Morgan fingerprint density at radius 2 is 2.04 bits per heavy atom. The van der Waals surface area contributed by atoms with Crippen LogP contribution in [0.1, 0.15) is 36.5 Å². The van der Waals surface area contributed by atoms with Gasteiger partial charge in [0.05, 0.1) is 22.1 Å². The van der Waals surface area contributed by atoms with Crippen molar-refractivity contribution >= 4 is 33.3 Å². The lowest BCUT2D eigenvalue weighted by molar-refractivity contribution is -0.136. The van der Waals surface area contributed by atoms with E-state index < -0.39 is 22.4 Å². The van der Waals surface area contributed by atoms with Crippen LogP contribution in [0.15, 0.2) is 24.3 Å². The second kappa shape index (κ2) is 8.67. The lowest BCUT2D eigenvalue weighted by atomic mass is 10.2. The fourth-order valence-electron chi connectivity index (χ4n) is 2.78. The molecule has 1 saturated heterocycles. The molecule has 0 aliphatic carbocycles. The lowest BCUT2D eigenvalue weighted by Gasteiger charge is -2.28. The molecule has 6 nitrogen and oxygen atoms in total. The molecule has 1 heterocycles. The van der Waals surface area contributed by atoms with Crippen molar-refractivity contribution in [3.05, 3.63) is 34.9 Å². The Balaban J connectivity index is 1.99. The molecule has 1 aromatic rings. The SMILES string of the molecule is CCCCN(C(=O)COC(=O)c1ccccc1Cl)C1CCS(=O)(=O)C1. The fourth-order valence-corrected chi connectivity index (χ4v) is 4.72. The minimum absolute atomic E-state index is 0.0269. The number of carbonyl (C=O) groups excluding carboxylic acids is 2. The third-order valence-electron chi connectivity index (χ3n) is 4.14. The first kappa shape index (κ1) is 19.7. The maximum atomic E-state index is 12.5. The summed E-state index contributed by atoms with van der Waals surface area (Å²) in [6.07, 6.45) is 2.07. The highest BCUT2D eigenvalue weighted by molar-refractivity contribution is 7.91. The quantitative estimate of drug-likeness (QED) is 0.670. The van der Waals surface area contributed by atoms with Crippen molar-refractivity contribution in [2.45, 2.75) is 32.2 Å². The second-order valence-corrected chi connectivity index (χ2v) is 8.69. The van der Waals surface area contributed by atoms with E-state index in [9.17, 15) is 18.0 Å². The van der Waals surface area contributed by atoms with Crippen LogP contribution in [0, 0.1) is 0 Å². The molecule has 0 aromatic heterocycles. The van der Waals surface area contributed by atoms with Crippen molar-refractivity contribution in [2.75, 3.05) is 24.7 Å². The normalized spacial score (nSPS) is 18.7. The van der Waals surface area contributed by atoms with Crippen LogP contribution in [0.4, 0.5) is 0 Å². The molecule has 1 atom stereocenters. The second-order valence-electron chi connectivity index (χ2n) is 6.05. The van der Waals surface area contributed by atoms with Gasteiger partial charge in [-0.25, -0.2) is 13.2 Å². The third kappa shape index (κ3) is 5.44. The molecule has 1 aliphatic rings. The number of sulfone groups is 1. The zero-order valence-corrected chi connectivity index (χ0v) is 15.7. The molecule has 1 aromatic carbocycles. The summed E-state index contributed by atoms with van der Waals surface area (Å²) in [5, 5.41) is 0.254. The van der Waals surface area contributed by atoms with Crippen LogP contribution in [0.3, 0.4) is 0 Å². The zero-order valence-electron chi connectivity index (χ0n) is 14.1. The molecule has 0 radical (unpaired) electrons. The minimum Gasteiger partial charge on any atom is -0.452 e. The van der Waals surface area contributed by atoms with Crippen molar-refractivity contribution < 1.29 is 22.7 Å². The van der Waals surface area contributed by atoms with Gasteiger partial charge in [0.15, 0.2) is 16.4 Å². The molecule has 0 spiro atoms. The number of unbranched alkanes of at least 4 members (excludes halogenated alkanes) is 1. The fraction of sp³-hybridized carbons (Fsp3) is 0.529. The van der Waals surface area contributed by atoms with Crippen molar-refractivity contribution in [1.29, 1.82) is 0 Å². The van der Waals surface area contributed by atoms with Crippen molar-refractivity contribution in [3.63, 3.8) is 0 Å². The minimum atomic E-state index is -3.10. The third-order valence-corrected chi connectivity index (χ3v) is 6.22. The van der Waals surface area contributed by atoms with Crippen LogP contribution in [-0.2, 0) is 19.4 Å². The lowest BCUT2D eigenvalue weighted by Crippen LogP contribution is -2.43. The van der Waals surface area contributed by atoms with E-state index in [1.807, 2.05) is 6.92 Å². The van der Waals surface area contributed by atoms with Gasteiger partial charge >= 0.3 is 5.97 Å². The summed E-state index contributed by atoms with van der Waals surface area (Å²) in [7, 11) is -3.10. The summed E-state index contributed by atoms with van der Waals surface area (Å²) in [5.74, 6) is -0.988. The van der Waals surface area contributed by atoms with E-state index in [1.54, 1.807) is 18.2 Å².